The Morgan fingerprint density at radius 2 is 1.97 bits per heavy atom. The zero-order valence-electron chi connectivity index (χ0n) is 17.6. The number of aryl methyl sites for hydroxylation is 2. The van der Waals surface area contributed by atoms with Crippen molar-refractivity contribution in [2.45, 2.75) is 32.9 Å². The molecule has 4 rings (SSSR count). The fourth-order valence-electron chi connectivity index (χ4n) is 3.87. The third-order valence-corrected chi connectivity index (χ3v) is 8.83. The van der Waals surface area contributed by atoms with Gasteiger partial charge in [-0.2, -0.15) is 0 Å². The lowest BCUT2D eigenvalue weighted by atomic mass is 10.1. The number of sulfone groups is 1. The third-order valence-electron chi connectivity index (χ3n) is 5.75. The molecule has 2 aliphatic rings. The Labute approximate surface area is 192 Å². The van der Waals surface area contributed by atoms with Crippen LogP contribution in [-0.2, 0) is 14.6 Å². The van der Waals surface area contributed by atoms with E-state index >= 15 is 0 Å². The van der Waals surface area contributed by atoms with Crippen LogP contribution in [0.3, 0.4) is 0 Å². The predicted octanol–water partition coefficient (Wildman–Crippen LogP) is 3.98. The van der Waals surface area contributed by atoms with Crippen molar-refractivity contribution >= 4 is 55.6 Å². The van der Waals surface area contributed by atoms with Crippen LogP contribution in [0.5, 0.6) is 0 Å². The quantitative estimate of drug-likeness (QED) is 0.720. The number of benzene rings is 2. The van der Waals surface area contributed by atoms with E-state index in [-0.39, 0.29) is 35.2 Å². The number of nitrogens with zero attached hydrogens (tertiary/aromatic N) is 2. The summed E-state index contributed by atoms with van der Waals surface area (Å²) in [6.45, 7) is 5.93. The molecule has 0 radical (unpaired) electrons. The number of thioether (sulfide) groups is 1. The van der Waals surface area contributed by atoms with Gasteiger partial charge in [0.25, 0.3) is 0 Å². The van der Waals surface area contributed by atoms with Crippen molar-refractivity contribution in [2.75, 3.05) is 27.5 Å². The summed E-state index contributed by atoms with van der Waals surface area (Å²) in [5.74, 6) is 0.129. The highest BCUT2D eigenvalue weighted by atomic mass is 35.5. The Hall–Kier alpha value is -2.03. The van der Waals surface area contributed by atoms with E-state index in [2.05, 4.69) is 5.32 Å². The van der Waals surface area contributed by atoms with E-state index in [1.807, 2.05) is 49.9 Å². The zero-order chi connectivity index (χ0) is 22.3. The van der Waals surface area contributed by atoms with Crippen LogP contribution in [0.2, 0.25) is 5.02 Å². The second-order valence-electron chi connectivity index (χ2n) is 8.01. The summed E-state index contributed by atoms with van der Waals surface area (Å²) in [5, 5.41) is 4.18. The number of halogens is 1. The van der Waals surface area contributed by atoms with E-state index in [9.17, 15) is 13.2 Å². The van der Waals surface area contributed by atoms with Crippen molar-refractivity contribution in [2.24, 2.45) is 4.99 Å². The van der Waals surface area contributed by atoms with Gasteiger partial charge in [-0.25, -0.2) is 8.42 Å². The van der Waals surface area contributed by atoms with Gasteiger partial charge in [0.1, 0.15) is 0 Å². The summed E-state index contributed by atoms with van der Waals surface area (Å²) in [6, 6.07) is 10.9. The highest BCUT2D eigenvalue weighted by molar-refractivity contribution is 8.14. The molecular weight excluding hydrogens is 454 g/mol. The van der Waals surface area contributed by atoms with Crippen LogP contribution in [0.15, 0.2) is 41.4 Å². The minimum atomic E-state index is -3.12. The SMILES string of the molecule is Cc1ccc(N2C(SCC(=O)Nc3cccc(Cl)c3C)=NC3CS(=O)(=O)CC32)cc1C. The molecule has 1 saturated heterocycles. The molecular formula is C22H24ClN3O3S2. The number of rotatable bonds is 4. The Bertz CT molecular complexity index is 1180. The first-order valence-electron chi connectivity index (χ1n) is 9.97. The summed E-state index contributed by atoms with van der Waals surface area (Å²) in [7, 11) is -3.12. The number of amidine groups is 1. The van der Waals surface area contributed by atoms with E-state index in [0.717, 1.165) is 16.8 Å². The molecule has 1 amide bonds. The lowest BCUT2D eigenvalue weighted by Gasteiger charge is -2.27. The topological polar surface area (TPSA) is 78.8 Å². The molecule has 0 spiro atoms. The minimum Gasteiger partial charge on any atom is -0.325 e. The number of carbonyl (C=O) groups is 1. The van der Waals surface area contributed by atoms with Crippen molar-refractivity contribution in [1.29, 1.82) is 0 Å². The summed E-state index contributed by atoms with van der Waals surface area (Å²) >= 11 is 7.46. The van der Waals surface area contributed by atoms with Gasteiger partial charge < -0.3 is 10.2 Å². The van der Waals surface area contributed by atoms with Gasteiger partial charge in [0.2, 0.25) is 5.91 Å². The molecule has 2 aromatic carbocycles. The number of carbonyl (C=O) groups excluding carboxylic acids is 1. The molecule has 2 aromatic rings. The largest absolute Gasteiger partial charge is 0.325 e. The molecule has 2 unspecified atom stereocenters. The first-order chi connectivity index (χ1) is 14.6. The van der Waals surface area contributed by atoms with Crippen molar-refractivity contribution < 1.29 is 13.2 Å². The molecule has 6 nitrogen and oxygen atoms in total. The van der Waals surface area contributed by atoms with Crippen LogP contribution >= 0.6 is 23.4 Å². The predicted molar refractivity (Wildman–Crippen MR) is 129 cm³/mol. The maximum absolute atomic E-state index is 12.6. The molecule has 9 heteroatoms. The Morgan fingerprint density at radius 1 is 1.19 bits per heavy atom. The fourth-order valence-corrected chi connectivity index (χ4v) is 6.81. The van der Waals surface area contributed by atoms with Gasteiger partial charge in [-0.15, -0.1) is 0 Å². The maximum Gasteiger partial charge on any atom is 0.234 e. The monoisotopic (exact) mass is 477 g/mol. The number of fused-ring (bicyclic) bond motifs is 1. The van der Waals surface area contributed by atoms with Crippen LogP contribution < -0.4 is 10.2 Å². The summed E-state index contributed by atoms with van der Waals surface area (Å²) in [5.41, 5.74) is 4.70. The zero-order valence-corrected chi connectivity index (χ0v) is 19.9. The molecule has 0 aliphatic carbocycles. The number of aliphatic imine (C=N–C) groups is 1. The highest BCUT2D eigenvalue weighted by Crippen LogP contribution is 2.36. The van der Waals surface area contributed by atoms with Gasteiger partial charge in [-0.05, 0) is 61.7 Å². The van der Waals surface area contributed by atoms with Crippen LogP contribution in [0.25, 0.3) is 0 Å². The van der Waals surface area contributed by atoms with Crippen molar-refractivity contribution in [3.05, 3.63) is 58.1 Å². The van der Waals surface area contributed by atoms with Gasteiger partial charge in [0, 0.05) is 16.4 Å². The number of amides is 1. The molecule has 2 atom stereocenters. The molecule has 0 bridgehead atoms. The van der Waals surface area contributed by atoms with Crippen LogP contribution in [0.1, 0.15) is 16.7 Å². The summed E-state index contributed by atoms with van der Waals surface area (Å²) in [6.07, 6.45) is 0. The van der Waals surface area contributed by atoms with E-state index in [0.29, 0.717) is 15.9 Å². The number of nitrogens with one attached hydrogen (secondary N) is 1. The lowest BCUT2D eigenvalue weighted by Crippen LogP contribution is -2.39. The Morgan fingerprint density at radius 3 is 2.71 bits per heavy atom. The fraction of sp³-hybridized carbons (Fsp3) is 0.364. The average Bonchev–Trinajstić information content (AvgIpc) is 3.17. The van der Waals surface area contributed by atoms with E-state index in [1.165, 1.54) is 17.3 Å². The molecule has 0 aromatic heterocycles. The number of hydrogen-bond acceptors (Lipinski definition) is 6. The molecule has 2 aliphatic heterocycles. The van der Waals surface area contributed by atoms with Crippen LogP contribution in [-0.4, -0.2) is 48.8 Å². The molecule has 164 valence electrons. The Kier molecular flexibility index (Phi) is 6.07. The van der Waals surface area contributed by atoms with Crippen molar-refractivity contribution in [3.63, 3.8) is 0 Å². The van der Waals surface area contributed by atoms with E-state index < -0.39 is 9.84 Å². The molecule has 1 N–H and O–H groups in total. The third kappa shape index (κ3) is 4.61. The van der Waals surface area contributed by atoms with Crippen LogP contribution in [0, 0.1) is 20.8 Å². The molecule has 0 saturated carbocycles. The summed E-state index contributed by atoms with van der Waals surface area (Å²) < 4.78 is 24.4. The second kappa shape index (κ2) is 8.48. The molecule has 2 heterocycles. The highest BCUT2D eigenvalue weighted by Gasteiger charge is 2.47. The normalized spacial score (nSPS) is 21.7. The summed E-state index contributed by atoms with van der Waals surface area (Å²) in [4.78, 5) is 19.3. The van der Waals surface area contributed by atoms with Crippen molar-refractivity contribution in [1.82, 2.24) is 0 Å². The van der Waals surface area contributed by atoms with E-state index in [4.69, 9.17) is 16.6 Å². The lowest BCUT2D eigenvalue weighted by molar-refractivity contribution is -0.113. The Balaban J connectivity index is 1.53. The maximum atomic E-state index is 12.6. The average molecular weight is 478 g/mol. The minimum absolute atomic E-state index is 0.0526. The number of anilines is 2. The van der Waals surface area contributed by atoms with Gasteiger partial charge in [0.15, 0.2) is 15.0 Å². The smallest absolute Gasteiger partial charge is 0.234 e. The first-order valence-corrected chi connectivity index (χ1v) is 13.2. The number of hydrogen-bond donors (Lipinski definition) is 1. The van der Waals surface area contributed by atoms with Gasteiger partial charge >= 0.3 is 0 Å². The van der Waals surface area contributed by atoms with Crippen molar-refractivity contribution in [3.8, 4) is 0 Å². The molecule has 31 heavy (non-hydrogen) atoms. The van der Waals surface area contributed by atoms with Gasteiger partial charge in [0.05, 0.1) is 29.3 Å². The standard InChI is InChI=1S/C22H24ClN3O3S2/c1-13-7-8-16(9-14(13)2)26-20-12-31(28,29)11-19(20)25-22(26)30-10-21(27)24-18-6-4-5-17(23)15(18)3/h4-9,19-20H,10-12H2,1-3H3,(H,24,27). The second-order valence-corrected chi connectivity index (χ2v) is 11.5. The molecule has 1 fully saturated rings. The first kappa shape index (κ1) is 22.2. The van der Waals surface area contributed by atoms with E-state index in [1.54, 1.807) is 12.1 Å². The van der Waals surface area contributed by atoms with Gasteiger partial charge in [-0.3, -0.25) is 9.79 Å². The van der Waals surface area contributed by atoms with Gasteiger partial charge in [-0.1, -0.05) is 35.5 Å². The van der Waals surface area contributed by atoms with Crippen LogP contribution in [0.4, 0.5) is 11.4 Å².